The van der Waals surface area contributed by atoms with Crippen LogP contribution in [0.2, 0.25) is 0 Å². The van der Waals surface area contributed by atoms with Crippen molar-refractivity contribution in [3.8, 4) is 0 Å². The zero-order valence-corrected chi connectivity index (χ0v) is 15.9. The lowest BCUT2D eigenvalue weighted by molar-refractivity contribution is -0.138. The van der Waals surface area contributed by atoms with Crippen LogP contribution in [0.15, 0.2) is 0 Å². The SMILES string of the molecule is CC(C)(C)OC(=O)NC1CCN(C(=O)OC(C)(C)C)CC1CC(=O)O. The van der Waals surface area contributed by atoms with E-state index in [0.717, 1.165) is 0 Å². The van der Waals surface area contributed by atoms with Gasteiger partial charge in [0.15, 0.2) is 0 Å². The molecular formula is C17H30N2O6. The first-order valence-corrected chi connectivity index (χ1v) is 8.46. The minimum Gasteiger partial charge on any atom is -0.481 e. The highest BCUT2D eigenvalue weighted by Gasteiger charge is 2.36. The van der Waals surface area contributed by atoms with Gasteiger partial charge in [-0.1, -0.05) is 0 Å². The van der Waals surface area contributed by atoms with E-state index in [2.05, 4.69) is 5.32 Å². The van der Waals surface area contributed by atoms with E-state index in [-0.39, 0.29) is 19.0 Å². The molecule has 0 aliphatic carbocycles. The number of amides is 2. The molecule has 0 aromatic heterocycles. The number of piperidine rings is 1. The molecule has 8 heteroatoms. The summed E-state index contributed by atoms with van der Waals surface area (Å²) in [5.74, 6) is -1.39. The van der Waals surface area contributed by atoms with Crippen LogP contribution in [0.4, 0.5) is 9.59 Å². The topological polar surface area (TPSA) is 105 Å². The second-order valence-corrected chi connectivity index (χ2v) is 8.33. The van der Waals surface area contributed by atoms with Crippen LogP contribution in [-0.2, 0) is 14.3 Å². The van der Waals surface area contributed by atoms with Crippen molar-refractivity contribution >= 4 is 18.2 Å². The van der Waals surface area contributed by atoms with Gasteiger partial charge in [-0.25, -0.2) is 9.59 Å². The van der Waals surface area contributed by atoms with Gasteiger partial charge in [0, 0.05) is 25.0 Å². The van der Waals surface area contributed by atoms with Gasteiger partial charge < -0.3 is 24.8 Å². The number of carboxylic acids is 1. The molecule has 2 atom stereocenters. The van der Waals surface area contributed by atoms with Crippen LogP contribution in [0.1, 0.15) is 54.4 Å². The fourth-order valence-electron chi connectivity index (χ4n) is 2.60. The van der Waals surface area contributed by atoms with Crippen molar-refractivity contribution in [1.29, 1.82) is 0 Å². The number of carbonyl (C=O) groups is 3. The maximum Gasteiger partial charge on any atom is 0.410 e. The van der Waals surface area contributed by atoms with Gasteiger partial charge in [-0.3, -0.25) is 4.79 Å². The predicted octanol–water partition coefficient (Wildman–Crippen LogP) is 2.61. The number of likely N-dealkylation sites (tertiary alicyclic amines) is 1. The van der Waals surface area contributed by atoms with Crippen LogP contribution < -0.4 is 5.32 Å². The predicted molar refractivity (Wildman–Crippen MR) is 91.3 cm³/mol. The monoisotopic (exact) mass is 358 g/mol. The van der Waals surface area contributed by atoms with Crippen molar-refractivity contribution < 1.29 is 29.0 Å². The number of hydrogen-bond acceptors (Lipinski definition) is 5. The molecule has 1 fully saturated rings. The van der Waals surface area contributed by atoms with E-state index in [1.54, 1.807) is 41.5 Å². The third-order valence-corrected chi connectivity index (χ3v) is 3.52. The molecule has 0 saturated carbocycles. The van der Waals surface area contributed by atoms with E-state index in [9.17, 15) is 14.4 Å². The number of ether oxygens (including phenoxy) is 2. The zero-order valence-electron chi connectivity index (χ0n) is 15.9. The molecule has 1 saturated heterocycles. The van der Waals surface area contributed by atoms with Gasteiger partial charge in [-0.15, -0.1) is 0 Å². The highest BCUT2D eigenvalue weighted by molar-refractivity contribution is 5.71. The lowest BCUT2D eigenvalue weighted by Gasteiger charge is -2.38. The Bertz CT molecular complexity index is 506. The van der Waals surface area contributed by atoms with E-state index in [1.165, 1.54) is 4.90 Å². The molecule has 25 heavy (non-hydrogen) atoms. The quantitative estimate of drug-likeness (QED) is 0.803. The molecule has 1 rings (SSSR count). The van der Waals surface area contributed by atoms with Crippen LogP contribution in [0.5, 0.6) is 0 Å². The number of alkyl carbamates (subject to hydrolysis) is 1. The maximum atomic E-state index is 12.2. The number of rotatable bonds is 3. The Balaban J connectivity index is 2.74. The van der Waals surface area contributed by atoms with Crippen LogP contribution in [0.3, 0.4) is 0 Å². The molecule has 0 spiro atoms. The molecule has 2 unspecified atom stereocenters. The normalized spacial score (nSPS) is 21.4. The van der Waals surface area contributed by atoms with E-state index < -0.39 is 35.3 Å². The van der Waals surface area contributed by atoms with E-state index in [4.69, 9.17) is 14.6 Å². The molecule has 2 N–H and O–H groups in total. The Morgan fingerprint density at radius 3 is 2.12 bits per heavy atom. The Hall–Kier alpha value is -1.99. The number of carbonyl (C=O) groups excluding carboxylic acids is 2. The highest BCUT2D eigenvalue weighted by atomic mass is 16.6. The Morgan fingerprint density at radius 1 is 1.08 bits per heavy atom. The molecule has 1 heterocycles. The van der Waals surface area contributed by atoms with Crippen molar-refractivity contribution in [2.45, 2.75) is 71.6 Å². The zero-order chi connectivity index (χ0) is 19.4. The summed E-state index contributed by atoms with van der Waals surface area (Å²) in [5, 5.41) is 11.9. The summed E-state index contributed by atoms with van der Waals surface area (Å²) in [4.78, 5) is 36.8. The minimum absolute atomic E-state index is 0.153. The molecule has 0 radical (unpaired) electrons. The summed E-state index contributed by atoms with van der Waals surface area (Å²) in [6.07, 6.45) is -0.770. The van der Waals surface area contributed by atoms with Crippen molar-refractivity contribution in [3.63, 3.8) is 0 Å². The summed E-state index contributed by atoms with van der Waals surface area (Å²) in [6.45, 7) is 11.2. The van der Waals surface area contributed by atoms with Gasteiger partial charge in [-0.2, -0.15) is 0 Å². The van der Waals surface area contributed by atoms with Gasteiger partial charge >= 0.3 is 18.2 Å². The molecule has 8 nitrogen and oxygen atoms in total. The van der Waals surface area contributed by atoms with E-state index in [0.29, 0.717) is 13.0 Å². The van der Waals surface area contributed by atoms with Gasteiger partial charge in [0.25, 0.3) is 0 Å². The van der Waals surface area contributed by atoms with Gasteiger partial charge in [0.2, 0.25) is 0 Å². The molecule has 2 amide bonds. The Kier molecular flexibility index (Phi) is 6.68. The van der Waals surface area contributed by atoms with Gasteiger partial charge in [0.1, 0.15) is 11.2 Å². The third kappa shape index (κ3) is 8.09. The van der Waals surface area contributed by atoms with Crippen LogP contribution in [0, 0.1) is 5.92 Å². The molecule has 144 valence electrons. The molecule has 0 aromatic carbocycles. The van der Waals surface area contributed by atoms with Gasteiger partial charge in [-0.05, 0) is 48.0 Å². The third-order valence-electron chi connectivity index (χ3n) is 3.52. The van der Waals surface area contributed by atoms with Crippen LogP contribution >= 0.6 is 0 Å². The van der Waals surface area contributed by atoms with Crippen molar-refractivity contribution in [1.82, 2.24) is 10.2 Å². The largest absolute Gasteiger partial charge is 0.481 e. The first kappa shape index (κ1) is 21.1. The lowest BCUT2D eigenvalue weighted by Crippen LogP contribution is -2.54. The second-order valence-electron chi connectivity index (χ2n) is 8.33. The minimum atomic E-state index is -0.980. The Labute approximate surface area is 148 Å². The molecule has 0 aromatic rings. The maximum absolute atomic E-state index is 12.2. The van der Waals surface area contributed by atoms with Crippen LogP contribution in [0.25, 0.3) is 0 Å². The fraction of sp³-hybridized carbons (Fsp3) is 0.824. The number of hydrogen-bond donors (Lipinski definition) is 2. The number of nitrogens with zero attached hydrogens (tertiary/aromatic N) is 1. The summed E-state index contributed by atoms with van der Waals surface area (Å²) in [6, 6.07) is -0.371. The average molecular weight is 358 g/mol. The second kappa shape index (κ2) is 7.93. The van der Waals surface area contributed by atoms with Gasteiger partial charge in [0.05, 0.1) is 6.42 Å². The fourth-order valence-corrected chi connectivity index (χ4v) is 2.60. The summed E-state index contributed by atoms with van der Waals surface area (Å²) in [7, 11) is 0. The van der Waals surface area contributed by atoms with E-state index >= 15 is 0 Å². The smallest absolute Gasteiger partial charge is 0.410 e. The number of carboxylic acid groups (broad SMARTS) is 1. The number of nitrogens with one attached hydrogen (secondary N) is 1. The highest BCUT2D eigenvalue weighted by Crippen LogP contribution is 2.23. The van der Waals surface area contributed by atoms with E-state index in [1.807, 2.05) is 0 Å². The van der Waals surface area contributed by atoms with Crippen molar-refractivity contribution in [3.05, 3.63) is 0 Å². The molecule has 1 aliphatic rings. The summed E-state index contributed by atoms with van der Waals surface area (Å²) in [5.41, 5.74) is -1.26. The Morgan fingerprint density at radius 2 is 1.64 bits per heavy atom. The summed E-state index contributed by atoms with van der Waals surface area (Å²) < 4.78 is 10.6. The molecular weight excluding hydrogens is 328 g/mol. The van der Waals surface area contributed by atoms with Crippen LogP contribution in [-0.4, -0.2) is 58.5 Å². The standard InChI is InChI=1S/C17H30N2O6/c1-16(2,3)24-14(22)18-12-7-8-19(10-11(12)9-13(20)21)15(23)25-17(4,5)6/h11-12H,7-10H2,1-6H3,(H,18,22)(H,20,21). The first-order valence-electron chi connectivity index (χ1n) is 8.46. The molecule has 1 aliphatic heterocycles. The van der Waals surface area contributed by atoms with Crippen molar-refractivity contribution in [2.24, 2.45) is 5.92 Å². The van der Waals surface area contributed by atoms with Crippen molar-refractivity contribution in [2.75, 3.05) is 13.1 Å². The first-order chi connectivity index (χ1) is 11.3. The number of aliphatic carboxylic acids is 1. The average Bonchev–Trinajstić information content (AvgIpc) is 2.35. The molecule has 0 bridgehead atoms. The summed E-state index contributed by atoms with van der Waals surface area (Å²) >= 11 is 0. The lowest BCUT2D eigenvalue weighted by atomic mass is 9.89.